The van der Waals surface area contributed by atoms with Gasteiger partial charge in [0.15, 0.2) is 0 Å². The maximum atomic E-state index is 12.2. The normalized spacial score (nSPS) is 13.3. The van der Waals surface area contributed by atoms with Gasteiger partial charge in [0.1, 0.15) is 19.0 Å². The highest BCUT2D eigenvalue weighted by Gasteiger charge is 2.31. The van der Waals surface area contributed by atoms with Crippen molar-refractivity contribution >= 4 is 23.5 Å². The molecular weight excluding hydrogens is 338 g/mol. The first-order valence-corrected chi connectivity index (χ1v) is 8.82. The summed E-state index contributed by atoms with van der Waals surface area (Å²) in [5.41, 5.74) is 3.36. The predicted octanol–water partition coefficient (Wildman–Crippen LogP) is 2.96. The van der Waals surface area contributed by atoms with Gasteiger partial charge < -0.3 is 9.64 Å². The third-order valence-corrected chi connectivity index (χ3v) is 4.68. The van der Waals surface area contributed by atoms with Crippen LogP contribution in [-0.2, 0) is 33.8 Å². The second-order valence-electron chi connectivity index (χ2n) is 6.13. The Kier molecular flexibility index (Phi) is 5.71. The van der Waals surface area contributed by atoms with E-state index in [0.29, 0.717) is 0 Å². The van der Waals surface area contributed by atoms with Crippen LogP contribution in [0.2, 0.25) is 0 Å². The lowest BCUT2D eigenvalue weighted by atomic mass is 10.1. The molecule has 0 radical (unpaired) electrons. The number of carbonyl (C=O) groups is 2. The van der Waals surface area contributed by atoms with Crippen molar-refractivity contribution in [3.05, 3.63) is 71.3 Å². The van der Waals surface area contributed by atoms with Gasteiger partial charge in [-0.05, 0) is 29.5 Å². The fourth-order valence-electron chi connectivity index (χ4n) is 3.18. The molecule has 0 fully saturated rings. The predicted molar refractivity (Wildman–Crippen MR) is 96.3 cm³/mol. The molecule has 4 nitrogen and oxygen atoms in total. The van der Waals surface area contributed by atoms with Crippen LogP contribution in [-0.4, -0.2) is 35.2 Å². The molecule has 0 heterocycles. The van der Waals surface area contributed by atoms with Crippen molar-refractivity contribution in [3.8, 4) is 0 Å². The molecule has 0 spiro atoms. The summed E-state index contributed by atoms with van der Waals surface area (Å²) in [6, 6.07) is 17.5. The van der Waals surface area contributed by atoms with Crippen molar-refractivity contribution in [1.82, 2.24) is 4.90 Å². The minimum absolute atomic E-state index is 0.0482. The molecule has 1 amide bonds. The molecule has 1 aliphatic carbocycles. The van der Waals surface area contributed by atoms with Crippen LogP contribution in [0.15, 0.2) is 54.6 Å². The van der Waals surface area contributed by atoms with E-state index in [1.807, 2.05) is 42.5 Å². The summed E-state index contributed by atoms with van der Waals surface area (Å²) in [5.74, 6) is -0.798. The minimum atomic E-state index is -0.418. The highest BCUT2D eigenvalue weighted by atomic mass is 35.5. The van der Waals surface area contributed by atoms with Crippen molar-refractivity contribution in [2.45, 2.75) is 25.5 Å². The van der Waals surface area contributed by atoms with Gasteiger partial charge in [0, 0.05) is 6.04 Å². The number of hydrogen-bond donors (Lipinski definition) is 0. The molecule has 0 aliphatic heterocycles. The number of rotatable bonds is 6. The number of nitrogens with zero attached hydrogens (tertiary/aromatic N) is 1. The molecule has 0 saturated heterocycles. The molecule has 0 saturated carbocycles. The maximum absolute atomic E-state index is 12.2. The number of amides is 1. The van der Waals surface area contributed by atoms with Gasteiger partial charge >= 0.3 is 5.97 Å². The molecule has 5 heteroatoms. The molecule has 0 bridgehead atoms. The van der Waals surface area contributed by atoms with Gasteiger partial charge in [-0.25, -0.2) is 0 Å². The first-order valence-electron chi connectivity index (χ1n) is 8.29. The number of hydrogen-bond acceptors (Lipinski definition) is 3. The second-order valence-corrected chi connectivity index (χ2v) is 6.40. The average Bonchev–Trinajstić information content (AvgIpc) is 3.08. The van der Waals surface area contributed by atoms with Crippen LogP contribution >= 0.6 is 11.6 Å². The van der Waals surface area contributed by atoms with Crippen molar-refractivity contribution in [2.75, 3.05) is 12.4 Å². The van der Waals surface area contributed by atoms with E-state index in [9.17, 15) is 9.59 Å². The number of alkyl halides is 1. The fraction of sp³-hybridized carbons (Fsp3) is 0.300. The van der Waals surface area contributed by atoms with Crippen LogP contribution in [0, 0.1) is 0 Å². The Bertz CT molecular complexity index is 723. The molecular formula is C20H20ClNO3. The molecule has 1 aliphatic rings. The van der Waals surface area contributed by atoms with E-state index in [4.69, 9.17) is 16.3 Å². The largest absolute Gasteiger partial charge is 0.459 e. The Hall–Kier alpha value is -2.33. The van der Waals surface area contributed by atoms with Gasteiger partial charge in [0.25, 0.3) is 0 Å². The van der Waals surface area contributed by atoms with Crippen molar-refractivity contribution < 1.29 is 14.3 Å². The van der Waals surface area contributed by atoms with Gasteiger partial charge in [-0.15, -0.1) is 11.6 Å². The number of benzene rings is 2. The topological polar surface area (TPSA) is 46.6 Å². The molecule has 0 aromatic heterocycles. The summed E-state index contributed by atoms with van der Waals surface area (Å²) in [4.78, 5) is 26.0. The van der Waals surface area contributed by atoms with Crippen molar-refractivity contribution in [3.63, 3.8) is 0 Å². The van der Waals surface area contributed by atoms with Gasteiger partial charge in [-0.2, -0.15) is 0 Å². The summed E-state index contributed by atoms with van der Waals surface area (Å²) in [6.07, 6.45) is 1.48. The summed E-state index contributed by atoms with van der Waals surface area (Å²) < 4.78 is 5.31. The third kappa shape index (κ3) is 4.40. The zero-order valence-corrected chi connectivity index (χ0v) is 14.6. The monoisotopic (exact) mass is 357 g/mol. The first-order chi connectivity index (χ1) is 12.2. The Labute approximate surface area is 152 Å². The maximum Gasteiger partial charge on any atom is 0.325 e. The van der Waals surface area contributed by atoms with E-state index in [1.165, 1.54) is 11.1 Å². The third-order valence-electron chi connectivity index (χ3n) is 4.45. The van der Waals surface area contributed by atoms with E-state index in [-0.39, 0.29) is 31.0 Å². The number of halogens is 1. The number of ether oxygens (including phenoxy) is 1. The van der Waals surface area contributed by atoms with Gasteiger partial charge in [-0.1, -0.05) is 54.6 Å². The lowest BCUT2D eigenvalue weighted by Crippen LogP contribution is -2.45. The zero-order valence-electron chi connectivity index (χ0n) is 13.9. The summed E-state index contributed by atoms with van der Waals surface area (Å²) in [7, 11) is 0. The van der Waals surface area contributed by atoms with E-state index in [2.05, 4.69) is 12.1 Å². The summed E-state index contributed by atoms with van der Waals surface area (Å²) in [5, 5.41) is 0. The van der Waals surface area contributed by atoms with Crippen molar-refractivity contribution in [1.29, 1.82) is 0 Å². The molecule has 2 aromatic rings. The molecule has 130 valence electrons. The summed E-state index contributed by atoms with van der Waals surface area (Å²) >= 11 is 5.75. The molecule has 0 unspecified atom stereocenters. The Morgan fingerprint density at radius 2 is 1.60 bits per heavy atom. The SMILES string of the molecule is O=C(CN(C(=O)CCl)C1Cc2ccccc2C1)OCc1ccccc1. The number of carbonyl (C=O) groups excluding carboxylic acids is 2. The van der Waals surface area contributed by atoms with E-state index >= 15 is 0 Å². The summed E-state index contributed by atoms with van der Waals surface area (Å²) in [6.45, 7) is 0.129. The van der Waals surface area contributed by atoms with Gasteiger partial charge in [-0.3, -0.25) is 9.59 Å². The molecule has 0 atom stereocenters. The number of fused-ring (bicyclic) bond motifs is 1. The Morgan fingerprint density at radius 3 is 2.20 bits per heavy atom. The van der Waals surface area contributed by atoms with Crippen LogP contribution < -0.4 is 0 Å². The smallest absolute Gasteiger partial charge is 0.325 e. The Balaban J connectivity index is 1.62. The van der Waals surface area contributed by atoms with E-state index in [1.54, 1.807) is 4.90 Å². The zero-order chi connectivity index (χ0) is 17.6. The van der Waals surface area contributed by atoms with Crippen molar-refractivity contribution in [2.24, 2.45) is 0 Å². The van der Waals surface area contributed by atoms with Gasteiger partial charge in [0.05, 0.1) is 0 Å². The molecule has 25 heavy (non-hydrogen) atoms. The molecule has 2 aromatic carbocycles. The lowest BCUT2D eigenvalue weighted by molar-refractivity contribution is -0.151. The minimum Gasteiger partial charge on any atom is -0.459 e. The quantitative estimate of drug-likeness (QED) is 0.590. The number of esters is 1. The van der Waals surface area contributed by atoms with Crippen LogP contribution in [0.4, 0.5) is 0 Å². The average molecular weight is 358 g/mol. The van der Waals surface area contributed by atoms with Crippen LogP contribution in [0.1, 0.15) is 16.7 Å². The standard InChI is InChI=1S/C20H20ClNO3/c21-12-19(23)22(18-10-16-8-4-5-9-17(16)11-18)13-20(24)25-14-15-6-2-1-3-7-15/h1-9,18H,10-14H2. The van der Waals surface area contributed by atoms with Crippen LogP contribution in [0.5, 0.6) is 0 Å². The Morgan fingerprint density at radius 1 is 1.00 bits per heavy atom. The molecule has 0 N–H and O–H groups in total. The van der Waals surface area contributed by atoms with Crippen LogP contribution in [0.3, 0.4) is 0 Å². The highest BCUT2D eigenvalue weighted by molar-refractivity contribution is 6.27. The van der Waals surface area contributed by atoms with Crippen LogP contribution in [0.25, 0.3) is 0 Å². The highest BCUT2D eigenvalue weighted by Crippen LogP contribution is 2.25. The van der Waals surface area contributed by atoms with Gasteiger partial charge in [0.2, 0.25) is 5.91 Å². The lowest BCUT2D eigenvalue weighted by Gasteiger charge is -2.27. The molecule has 3 rings (SSSR count). The fourth-order valence-corrected chi connectivity index (χ4v) is 3.33. The van der Waals surface area contributed by atoms with E-state index < -0.39 is 5.97 Å². The van der Waals surface area contributed by atoms with E-state index in [0.717, 1.165) is 18.4 Å². The first kappa shape index (κ1) is 17.5. The second kappa shape index (κ2) is 8.17.